The molecule has 2 amide bonds. The minimum atomic E-state index is -0.231. The fourth-order valence-electron chi connectivity index (χ4n) is 7.22. The highest BCUT2D eigenvalue weighted by atomic mass is 19.1. The maximum atomic E-state index is 14.2. The van der Waals surface area contributed by atoms with Crippen LogP contribution in [-0.2, 0) is 19.7 Å². The third-order valence-electron chi connectivity index (χ3n) is 9.01. The molecule has 5 heterocycles. The summed E-state index contributed by atoms with van der Waals surface area (Å²) in [5, 5.41) is 0. The molecule has 1 aromatic rings. The molecule has 2 unspecified atom stereocenters. The third kappa shape index (κ3) is 3.70. The first-order valence-corrected chi connectivity index (χ1v) is 12.8. The van der Waals surface area contributed by atoms with Crippen LogP contribution in [0.4, 0.5) is 14.9 Å². The Morgan fingerprint density at radius 2 is 1.85 bits per heavy atom. The molecule has 186 valence electrons. The lowest BCUT2D eigenvalue weighted by Crippen LogP contribution is -2.56. The van der Waals surface area contributed by atoms with Crippen molar-refractivity contribution in [2.45, 2.75) is 81.5 Å². The third-order valence-corrected chi connectivity index (χ3v) is 9.01. The molecule has 2 bridgehead atoms. The Kier molecular flexibility index (Phi) is 5.56. The molecule has 4 saturated heterocycles. The van der Waals surface area contributed by atoms with E-state index >= 15 is 0 Å². The van der Waals surface area contributed by atoms with Crippen LogP contribution in [0.5, 0.6) is 0 Å². The normalized spacial score (nSPS) is 32.3. The number of rotatable bonds is 2. The van der Waals surface area contributed by atoms with E-state index in [1.165, 1.54) is 6.07 Å². The molecule has 3 atom stereocenters. The van der Waals surface area contributed by atoms with Gasteiger partial charge in [-0.05, 0) is 75.4 Å². The quantitative estimate of drug-likeness (QED) is 0.656. The van der Waals surface area contributed by atoms with Gasteiger partial charge in [-0.2, -0.15) is 0 Å². The van der Waals surface area contributed by atoms with Gasteiger partial charge in [0.25, 0.3) is 0 Å². The van der Waals surface area contributed by atoms with Gasteiger partial charge in [-0.15, -0.1) is 0 Å². The molecular weight excluding hydrogens is 437 g/mol. The maximum absolute atomic E-state index is 14.2. The molecule has 7 nitrogen and oxygen atoms in total. The van der Waals surface area contributed by atoms with Crippen molar-refractivity contribution >= 4 is 17.7 Å². The second-order valence-electron chi connectivity index (χ2n) is 10.9. The fraction of sp³-hybridized carbons (Fsp3) is 0.692. The highest BCUT2D eigenvalue weighted by Gasteiger charge is 2.50. The minimum absolute atomic E-state index is 0. The number of amides is 2. The molecule has 0 aliphatic carbocycles. The van der Waals surface area contributed by atoms with E-state index in [1.807, 2.05) is 9.80 Å². The summed E-state index contributed by atoms with van der Waals surface area (Å²) in [6.45, 7) is 5.31. The zero-order chi connectivity index (χ0) is 23.4. The van der Waals surface area contributed by atoms with Crippen molar-refractivity contribution in [1.82, 2.24) is 9.80 Å². The molecule has 5 aliphatic rings. The van der Waals surface area contributed by atoms with Crippen LogP contribution in [0.1, 0.15) is 58.9 Å². The first-order chi connectivity index (χ1) is 16.4. The summed E-state index contributed by atoms with van der Waals surface area (Å²) in [6.07, 6.45) is 6.46. The molecule has 1 aromatic carbocycles. The van der Waals surface area contributed by atoms with Crippen molar-refractivity contribution in [3.05, 3.63) is 29.6 Å². The summed E-state index contributed by atoms with van der Waals surface area (Å²) in [5.74, 6) is -0.210. The largest absolute Gasteiger partial charge is 0.444 e. The van der Waals surface area contributed by atoms with Gasteiger partial charge in [0.1, 0.15) is 11.9 Å². The number of hydrogen-bond acceptors (Lipinski definition) is 5. The number of benzene rings is 1. The monoisotopic (exact) mass is 473 g/mol. The number of carbonyl (C=O) groups excluding carboxylic acids is 2. The van der Waals surface area contributed by atoms with E-state index in [9.17, 15) is 14.0 Å². The Morgan fingerprint density at radius 1 is 1.12 bits per heavy atom. The van der Waals surface area contributed by atoms with Gasteiger partial charge < -0.3 is 24.2 Å². The number of likely N-dealkylation sites (tertiary alicyclic amines) is 1. The molecule has 0 N–H and O–H groups in total. The van der Waals surface area contributed by atoms with Gasteiger partial charge in [-0.1, -0.05) is 0 Å². The van der Waals surface area contributed by atoms with Crippen molar-refractivity contribution in [2.75, 3.05) is 37.7 Å². The first-order valence-electron chi connectivity index (χ1n) is 12.8. The minimum Gasteiger partial charge on any atom is -0.444 e. The molecule has 0 aromatic heterocycles. The van der Waals surface area contributed by atoms with Crippen LogP contribution in [0.2, 0.25) is 0 Å². The maximum Gasteiger partial charge on any atom is 0.410 e. The van der Waals surface area contributed by atoms with E-state index in [2.05, 4.69) is 4.90 Å². The molecule has 0 radical (unpaired) electrons. The summed E-state index contributed by atoms with van der Waals surface area (Å²) in [7, 11) is 0. The molecule has 4 fully saturated rings. The summed E-state index contributed by atoms with van der Waals surface area (Å²) >= 11 is 0. The van der Waals surface area contributed by atoms with Gasteiger partial charge in [0.15, 0.2) is 0 Å². The Bertz CT molecular complexity index is 965. The van der Waals surface area contributed by atoms with Crippen LogP contribution >= 0.6 is 0 Å². The summed E-state index contributed by atoms with van der Waals surface area (Å²) in [6, 6.07) is 5.83. The number of piperidine rings is 2. The first kappa shape index (κ1) is 22.3. The van der Waals surface area contributed by atoms with Crippen molar-refractivity contribution in [3.8, 4) is 0 Å². The van der Waals surface area contributed by atoms with Gasteiger partial charge in [0.05, 0.1) is 13.2 Å². The van der Waals surface area contributed by atoms with Gasteiger partial charge in [0, 0.05) is 50.5 Å². The van der Waals surface area contributed by atoms with E-state index in [4.69, 9.17) is 9.47 Å². The average Bonchev–Trinajstić information content (AvgIpc) is 3.50. The fourth-order valence-corrected chi connectivity index (χ4v) is 7.22. The van der Waals surface area contributed by atoms with Crippen molar-refractivity contribution in [3.63, 3.8) is 0 Å². The summed E-state index contributed by atoms with van der Waals surface area (Å²) < 4.78 is 25.2. The smallest absolute Gasteiger partial charge is 0.410 e. The molecule has 5 aliphatic heterocycles. The van der Waals surface area contributed by atoms with Crippen molar-refractivity contribution in [1.29, 1.82) is 0 Å². The van der Waals surface area contributed by atoms with Crippen LogP contribution in [0.15, 0.2) is 18.2 Å². The number of anilines is 1. The number of fused-ring (bicyclic) bond motifs is 4. The summed E-state index contributed by atoms with van der Waals surface area (Å²) in [5.41, 5.74) is 1.71. The van der Waals surface area contributed by atoms with Crippen LogP contribution in [-0.4, -0.2) is 78.9 Å². The van der Waals surface area contributed by atoms with E-state index < -0.39 is 0 Å². The van der Waals surface area contributed by atoms with Crippen molar-refractivity contribution < 1.29 is 24.9 Å². The van der Waals surface area contributed by atoms with E-state index in [-0.39, 0.29) is 42.8 Å². The SMILES string of the molecule is CC(=O)N1CC2(CCN(C3CC4CCC(C3)N4C(=O)O[C@H]3CCOC3)CC2)c2cc(F)ccc21.[HH]. The van der Waals surface area contributed by atoms with E-state index in [0.29, 0.717) is 25.8 Å². The van der Waals surface area contributed by atoms with Gasteiger partial charge >= 0.3 is 6.09 Å². The zero-order valence-electron chi connectivity index (χ0n) is 19.9. The number of hydrogen-bond donors (Lipinski definition) is 0. The highest BCUT2D eigenvalue weighted by molar-refractivity contribution is 5.94. The van der Waals surface area contributed by atoms with Gasteiger partial charge in [-0.3, -0.25) is 4.79 Å². The standard InChI is InChI=1S/C26H34FN3O4.H2/c1-17(31)29-16-26(23-12-18(27)2-5-24(23)29)7-9-28(10-8-26)21-13-19-3-4-20(14-21)30(19)25(32)34-22-6-11-33-15-22;/h2,5,12,19-22H,3-4,6-11,13-16H2,1H3;1H/t19?,20?,21?,22-;/m0./s1. The average molecular weight is 474 g/mol. The van der Waals surface area contributed by atoms with Crippen LogP contribution in [0.3, 0.4) is 0 Å². The number of halogens is 1. The number of ether oxygens (including phenoxy) is 2. The predicted molar refractivity (Wildman–Crippen MR) is 126 cm³/mol. The summed E-state index contributed by atoms with van der Waals surface area (Å²) in [4.78, 5) is 31.6. The van der Waals surface area contributed by atoms with Crippen LogP contribution < -0.4 is 4.90 Å². The Labute approximate surface area is 201 Å². The van der Waals surface area contributed by atoms with Crippen LogP contribution in [0, 0.1) is 5.82 Å². The second kappa shape index (κ2) is 8.48. The van der Waals surface area contributed by atoms with E-state index in [0.717, 1.165) is 69.3 Å². The molecule has 6 rings (SSSR count). The lowest BCUT2D eigenvalue weighted by molar-refractivity contribution is -0.116. The Morgan fingerprint density at radius 3 is 2.50 bits per heavy atom. The van der Waals surface area contributed by atoms with Crippen molar-refractivity contribution in [2.24, 2.45) is 0 Å². The second-order valence-corrected chi connectivity index (χ2v) is 10.9. The van der Waals surface area contributed by atoms with Gasteiger partial charge in [0.2, 0.25) is 5.91 Å². The Balaban J connectivity index is 0.00000253. The lowest BCUT2D eigenvalue weighted by Gasteiger charge is -2.47. The number of nitrogens with zero attached hydrogens (tertiary/aromatic N) is 3. The number of carbonyl (C=O) groups is 2. The molecule has 1 spiro atoms. The lowest BCUT2D eigenvalue weighted by atomic mass is 9.73. The highest BCUT2D eigenvalue weighted by Crippen LogP contribution is 2.48. The van der Waals surface area contributed by atoms with Gasteiger partial charge in [-0.25, -0.2) is 9.18 Å². The Hall–Kier alpha value is -2.19. The topological polar surface area (TPSA) is 62.3 Å². The molecule has 0 saturated carbocycles. The zero-order valence-corrected chi connectivity index (χ0v) is 19.9. The predicted octanol–water partition coefficient (Wildman–Crippen LogP) is 3.69. The van der Waals surface area contributed by atoms with Crippen LogP contribution in [0.25, 0.3) is 0 Å². The molecule has 34 heavy (non-hydrogen) atoms. The molecule has 8 heteroatoms. The molecular formula is C26H36FN3O4. The van der Waals surface area contributed by atoms with E-state index in [1.54, 1.807) is 19.1 Å².